The maximum absolute atomic E-state index is 7.03. The molecule has 1 unspecified atom stereocenters. The highest BCUT2D eigenvalue weighted by molar-refractivity contribution is 6.22. The van der Waals surface area contributed by atoms with Gasteiger partial charge in [-0.3, -0.25) is 0 Å². The van der Waals surface area contributed by atoms with Crippen LogP contribution in [0.1, 0.15) is 22.9 Å². The molecular weight excluding hydrogens is 795 g/mol. The van der Waals surface area contributed by atoms with Crippen molar-refractivity contribution < 1.29 is 4.42 Å². The molecule has 0 radical (unpaired) electrons. The summed E-state index contributed by atoms with van der Waals surface area (Å²) in [5.41, 5.74) is 11.0. The van der Waals surface area contributed by atoms with Crippen LogP contribution < -0.4 is 5.32 Å². The molecule has 304 valence electrons. The molecule has 10 aromatic carbocycles. The Kier molecular flexibility index (Phi) is 7.65. The fourth-order valence-electron chi connectivity index (χ4n) is 10.3. The van der Waals surface area contributed by atoms with Crippen LogP contribution in [0.4, 0.5) is 0 Å². The predicted octanol–water partition coefficient (Wildman–Crippen LogP) is 14.6. The molecule has 6 nitrogen and oxygen atoms in total. The van der Waals surface area contributed by atoms with Crippen molar-refractivity contribution in [2.75, 3.05) is 0 Å². The number of amidine groups is 2. The van der Waals surface area contributed by atoms with Crippen LogP contribution in [0.5, 0.6) is 0 Å². The maximum Gasteiger partial charge on any atom is 0.160 e. The second-order valence-corrected chi connectivity index (χ2v) is 17.0. The standard InChI is InChI=1S/C59H37N5O/c1-3-15-36(16-4-1)57-60-58(41-27-30-51-47(33-41)43-23-11-13-25-50(43)63(51)42-21-5-2-6-22-42)62-59(61-57)46-29-28-45-44-24-12-14-26-54(44)65-56(45)55(46)64-52-34-39-19-9-7-17-37(39)31-48(52)49-32-38-18-8-10-20-40(38)35-53(49)64/h1-35,57H,(H,60,61,62). The summed E-state index contributed by atoms with van der Waals surface area (Å²) in [6, 6.07) is 75.6. The third-order valence-electron chi connectivity index (χ3n) is 13.3. The van der Waals surface area contributed by atoms with E-state index in [0.717, 1.165) is 77.5 Å². The van der Waals surface area contributed by atoms with E-state index in [1.54, 1.807) is 0 Å². The van der Waals surface area contributed by atoms with E-state index in [9.17, 15) is 0 Å². The zero-order valence-electron chi connectivity index (χ0n) is 35.0. The maximum atomic E-state index is 7.03. The molecule has 1 N–H and O–H groups in total. The number of benzene rings is 10. The SMILES string of the molecule is c1ccc(C2N=C(c3ccc4c(c3)c3ccccc3n4-c3ccccc3)N=C(c3ccc4c(oc5ccccc54)c3-n3c4cc5ccccc5cc4c4cc5ccccc5cc43)N2)cc1. The van der Waals surface area contributed by atoms with E-state index in [2.05, 4.69) is 215 Å². The number of rotatable bonds is 5. The molecule has 1 aliphatic heterocycles. The lowest BCUT2D eigenvalue weighted by atomic mass is 10.0. The van der Waals surface area contributed by atoms with Crippen LogP contribution in [0.15, 0.2) is 227 Å². The number of fused-ring (bicyclic) bond motifs is 11. The molecule has 0 saturated heterocycles. The van der Waals surface area contributed by atoms with Gasteiger partial charge in [0.1, 0.15) is 23.3 Å². The van der Waals surface area contributed by atoms with Gasteiger partial charge < -0.3 is 18.9 Å². The first-order valence-corrected chi connectivity index (χ1v) is 22.1. The van der Waals surface area contributed by atoms with Crippen molar-refractivity contribution in [3.8, 4) is 11.4 Å². The van der Waals surface area contributed by atoms with Gasteiger partial charge >= 0.3 is 0 Å². The summed E-state index contributed by atoms with van der Waals surface area (Å²) in [5.74, 6) is 1.37. The summed E-state index contributed by atoms with van der Waals surface area (Å²) >= 11 is 0. The Balaban J connectivity index is 1.06. The van der Waals surface area contributed by atoms with Crippen LogP contribution in [0.25, 0.3) is 98.5 Å². The van der Waals surface area contributed by atoms with Gasteiger partial charge in [0.2, 0.25) is 0 Å². The zero-order chi connectivity index (χ0) is 42.6. The Hall–Kier alpha value is -8.74. The van der Waals surface area contributed by atoms with Gasteiger partial charge in [0.05, 0.1) is 22.1 Å². The van der Waals surface area contributed by atoms with Crippen molar-refractivity contribution in [1.29, 1.82) is 0 Å². The Labute approximate surface area is 372 Å². The number of hydrogen-bond donors (Lipinski definition) is 1. The van der Waals surface area contributed by atoms with Crippen molar-refractivity contribution in [2.45, 2.75) is 6.17 Å². The summed E-state index contributed by atoms with van der Waals surface area (Å²) in [6.07, 6.45) is -0.412. The van der Waals surface area contributed by atoms with Gasteiger partial charge in [-0.2, -0.15) is 0 Å². The largest absolute Gasteiger partial charge is 0.454 e. The number of aromatic nitrogens is 2. The van der Waals surface area contributed by atoms with E-state index in [1.165, 1.54) is 37.7 Å². The average molecular weight is 832 g/mol. The van der Waals surface area contributed by atoms with Crippen LogP contribution in [0, 0.1) is 0 Å². The first kappa shape index (κ1) is 35.8. The van der Waals surface area contributed by atoms with Gasteiger partial charge in [-0.05, 0) is 106 Å². The first-order chi connectivity index (χ1) is 32.2. The molecule has 0 saturated carbocycles. The lowest BCUT2D eigenvalue weighted by Crippen LogP contribution is -2.34. The molecule has 3 aromatic heterocycles. The molecule has 13 aromatic rings. The van der Waals surface area contributed by atoms with E-state index in [-0.39, 0.29) is 0 Å². The van der Waals surface area contributed by atoms with Crippen molar-refractivity contribution in [3.63, 3.8) is 0 Å². The molecule has 1 atom stereocenters. The van der Waals surface area contributed by atoms with E-state index in [0.29, 0.717) is 11.7 Å². The quantitative estimate of drug-likeness (QED) is 0.188. The Morgan fingerprint density at radius 3 is 1.74 bits per heavy atom. The van der Waals surface area contributed by atoms with Crippen LogP contribution >= 0.6 is 0 Å². The second-order valence-electron chi connectivity index (χ2n) is 17.0. The zero-order valence-corrected chi connectivity index (χ0v) is 35.0. The lowest BCUT2D eigenvalue weighted by molar-refractivity contribution is 0.664. The monoisotopic (exact) mass is 831 g/mol. The van der Waals surface area contributed by atoms with E-state index in [1.807, 2.05) is 12.1 Å². The molecular formula is C59H37N5O. The Bertz CT molecular complexity index is 4060. The minimum absolute atomic E-state index is 0.412. The smallest absolute Gasteiger partial charge is 0.160 e. The minimum Gasteiger partial charge on any atom is -0.454 e. The van der Waals surface area contributed by atoms with Gasteiger partial charge in [0.25, 0.3) is 0 Å². The summed E-state index contributed by atoms with van der Waals surface area (Å²) in [4.78, 5) is 10.9. The fraction of sp³-hybridized carbons (Fsp3) is 0.0169. The summed E-state index contributed by atoms with van der Waals surface area (Å²) < 4.78 is 11.8. The summed E-state index contributed by atoms with van der Waals surface area (Å²) in [5, 5.41) is 15.4. The van der Waals surface area contributed by atoms with Gasteiger partial charge in [0.15, 0.2) is 11.4 Å². The van der Waals surface area contributed by atoms with Crippen LogP contribution in [0.2, 0.25) is 0 Å². The molecule has 6 heteroatoms. The second kappa shape index (κ2) is 13.9. The fourth-order valence-corrected chi connectivity index (χ4v) is 10.3. The number of furan rings is 1. The van der Waals surface area contributed by atoms with E-state index in [4.69, 9.17) is 14.4 Å². The molecule has 0 fully saturated rings. The van der Waals surface area contributed by atoms with Crippen molar-refractivity contribution >= 4 is 98.8 Å². The molecule has 0 spiro atoms. The number of para-hydroxylation sites is 3. The highest BCUT2D eigenvalue weighted by Crippen LogP contribution is 2.43. The van der Waals surface area contributed by atoms with Crippen molar-refractivity contribution in [1.82, 2.24) is 14.5 Å². The number of nitrogens with one attached hydrogen (secondary N) is 1. The highest BCUT2D eigenvalue weighted by Gasteiger charge is 2.28. The normalized spacial score (nSPS) is 14.3. The molecule has 0 bridgehead atoms. The lowest BCUT2D eigenvalue weighted by Gasteiger charge is -2.25. The van der Waals surface area contributed by atoms with Gasteiger partial charge in [-0.1, -0.05) is 133 Å². The third kappa shape index (κ3) is 5.47. The molecule has 4 heterocycles. The molecule has 0 amide bonds. The molecule has 0 aliphatic carbocycles. The van der Waals surface area contributed by atoms with Crippen molar-refractivity contribution in [2.24, 2.45) is 9.98 Å². The minimum atomic E-state index is -0.412. The third-order valence-corrected chi connectivity index (χ3v) is 13.3. The van der Waals surface area contributed by atoms with Crippen LogP contribution in [0.3, 0.4) is 0 Å². The Morgan fingerprint density at radius 1 is 0.431 bits per heavy atom. The van der Waals surface area contributed by atoms with E-state index >= 15 is 0 Å². The Morgan fingerprint density at radius 2 is 1.02 bits per heavy atom. The molecule has 65 heavy (non-hydrogen) atoms. The van der Waals surface area contributed by atoms with Gasteiger partial charge in [-0.15, -0.1) is 0 Å². The first-order valence-electron chi connectivity index (χ1n) is 22.1. The highest BCUT2D eigenvalue weighted by atomic mass is 16.3. The van der Waals surface area contributed by atoms with E-state index < -0.39 is 6.17 Å². The van der Waals surface area contributed by atoms with Crippen LogP contribution in [-0.2, 0) is 0 Å². The van der Waals surface area contributed by atoms with Gasteiger partial charge in [-0.25, -0.2) is 9.98 Å². The van der Waals surface area contributed by atoms with Gasteiger partial charge in [0, 0.05) is 49.1 Å². The molecule has 1 aliphatic rings. The van der Waals surface area contributed by atoms with Crippen molar-refractivity contribution in [3.05, 3.63) is 229 Å². The van der Waals surface area contributed by atoms with Crippen LogP contribution in [-0.4, -0.2) is 20.8 Å². The predicted molar refractivity (Wildman–Crippen MR) is 269 cm³/mol. The summed E-state index contributed by atoms with van der Waals surface area (Å²) in [7, 11) is 0. The average Bonchev–Trinajstić information content (AvgIpc) is 4.02. The summed E-state index contributed by atoms with van der Waals surface area (Å²) in [6.45, 7) is 0. The topological polar surface area (TPSA) is 59.8 Å². The number of hydrogen-bond acceptors (Lipinski definition) is 4. The number of aliphatic imine (C=N–C) groups is 2. The number of nitrogens with zero attached hydrogens (tertiary/aromatic N) is 4. The molecule has 14 rings (SSSR count).